The van der Waals surface area contributed by atoms with Crippen molar-refractivity contribution in [3.8, 4) is 0 Å². The Morgan fingerprint density at radius 3 is 2.85 bits per heavy atom. The van der Waals surface area contributed by atoms with E-state index in [1.165, 1.54) is 5.56 Å². The van der Waals surface area contributed by atoms with Gasteiger partial charge in [-0.15, -0.1) is 10.2 Å². The van der Waals surface area contributed by atoms with Crippen molar-refractivity contribution in [3.05, 3.63) is 54.1 Å². The lowest BCUT2D eigenvalue weighted by Gasteiger charge is -2.19. The van der Waals surface area contributed by atoms with Crippen LogP contribution < -0.4 is 10.6 Å². The fourth-order valence-electron chi connectivity index (χ4n) is 2.26. The van der Waals surface area contributed by atoms with Gasteiger partial charge < -0.3 is 10.6 Å². The normalized spacial score (nSPS) is 10.9. The van der Waals surface area contributed by atoms with E-state index in [2.05, 4.69) is 26.1 Å². The molecule has 0 atom stereocenters. The van der Waals surface area contributed by atoms with Gasteiger partial charge in [0, 0.05) is 32.5 Å². The van der Waals surface area contributed by atoms with Crippen LogP contribution in [0.4, 0.5) is 5.82 Å². The molecule has 6 heteroatoms. The number of hydrogen-bond donors (Lipinski definition) is 1. The number of hydrogen-bond acceptors (Lipinski definition) is 5. The predicted octanol–water partition coefficient (Wildman–Crippen LogP) is 1.22. The molecule has 0 saturated heterocycles. The van der Waals surface area contributed by atoms with Crippen molar-refractivity contribution in [2.75, 3.05) is 11.9 Å². The summed E-state index contributed by atoms with van der Waals surface area (Å²) in [5, 5.41) is 8.02. The minimum atomic E-state index is 0.534. The summed E-state index contributed by atoms with van der Waals surface area (Å²) in [5.74, 6) is 0.803. The van der Waals surface area contributed by atoms with E-state index in [0.29, 0.717) is 6.54 Å². The van der Waals surface area contributed by atoms with Crippen LogP contribution in [0.3, 0.4) is 0 Å². The Labute approximate surface area is 116 Å². The van der Waals surface area contributed by atoms with Crippen LogP contribution in [0.25, 0.3) is 5.65 Å². The molecule has 6 nitrogen and oxygen atoms in total. The molecule has 0 spiro atoms. The van der Waals surface area contributed by atoms with E-state index in [1.54, 1.807) is 12.5 Å². The number of fused-ring (bicyclic) bond motifs is 1. The van der Waals surface area contributed by atoms with Crippen molar-refractivity contribution in [1.82, 2.24) is 19.6 Å². The topological polar surface area (TPSA) is 72.3 Å². The third kappa shape index (κ3) is 2.21. The summed E-state index contributed by atoms with van der Waals surface area (Å²) < 4.78 is 1.85. The van der Waals surface area contributed by atoms with Crippen LogP contribution in [0.15, 0.2) is 43.0 Å². The summed E-state index contributed by atoms with van der Waals surface area (Å²) >= 11 is 0. The zero-order valence-electron chi connectivity index (χ0n) is 11.3. The summed E-state index contributed by atoms with van der Waals surface area (Å²) in [4.78, 5) is 6.46. The van der Waals surface area contributed by atoms with Crippen LogP contribution >= 0.6 is 0 Å². The Morgan fingerprint density at radius 1 is 1.25 bits per heavy atom. The second-order valence-electron chi connectivity index (χ2n) is 4.64. The van der Waals surface area contributed by atoms with Crippen molar-refractivity contribution >= 4 is 11.5 Å². The van der Waals surface area contributed by atoms with E-state index in [9.17, 15) is 0 Å². The van der Waals surface area contributed by atoms with Gasteiger partial charge in [-0.1, -0.05) is 24.3 Å². The van der Waals surface area contributed by atoms with Crippen LogP contribution in [-0.4, -0.2) is 26.6 Å². The van der Waals surface area contributed by atoms with Gasteiger partial charge in [0.05, 0.1) is 0 Å². The Morgan fingerprint density at radius 2 is 2.05 bits per heavy atom. The Bertz CT molecular complexity index is 720. The highest BCUT2D eigenvalue weighted by Gasteiger charge is 2.11. The molecule has 0 aliphatic carbocycles. The third-order valence-electron chi connectivity index (χ3n) is 3.30. The standard InChI is InChI=1S/C14H16N6/c1-19(9-12-5-3-2-4-11(12)8-15)13-14-18-17-10-20(14)7-6-16-13/h2-7,10H,8-9,15H2,1H3. The first-order valence-electron chi connectivity index (χ1n) is 6.42. The maximum absolute atomic E-state index is 5.78. The predicted molar refractivity (Wildman–Crippen MR) is 77.2 cm³/mol. The molecule has 3 aromatic rings. The van der Waals surface area contributed by atoms with Crippen LogP contribution in [0.2, 0.25) is 0 Å². The Kier molecular flexibility index (Phi) is 3.30. The molecule has 2 heterocycles. The lowest BCUT2D eigenvalue weighted by molar-refractivity contribution is 0.871. The summed E-state index contributed by atoms with van der Waals surface area (Å²) in [6.45, 7) is 1.26. The van der Waals surface area contributed by atoms with Crippen molar-refractivity contribution in [3.63, 3.8) is 0 Å². The molecular formula is C14H16N6. The van der Waals surface area contributed by atoms with Gasteiger partial charge in [-0.25, -0.2) is 4.98 Å². The molecule has 0 bridgehead atoms. The molecule has 20 heavy (non-hydrogen) atoms. The zero-order valence-corrected chi connectivity index (χ0v) is 11.3. The van der Waals surface area contributed by atoms with Crippen LogP contribution in [0.1, 0.15) is 11.1 Å². The molecule has 1 aromatic carbocycles. The molecule has 0 saturated carbocycles. The summed E-state index contributed by atoms with van der Waals surface area (Å²) in [6, 6.07) is 8.16. The molecule has 0 aliphatic heterocycles. The largest absolute Gasteiger partial charge is 0.352 e. The van der Waals surface area contributed by atoms with Gasteiger partial charge in [0.15, 0.2) is 5.82 Å². The lowest BCUT2D eigenvalue weighted by Crippen LogP contribution is -2.20. The van der Waals surface area contributed by atoms with Crippen LogP contribution in [-0.2, 0) is 13.1 Å². The van der Waals surface area contributed by atoms with Crippen LogP contribution in [0, 0.1) is 0 Å². The van der Waals surface area contributed by atoms with Gasteiger partial charge in [-0.05, 0) is 11.1 Å². The highest BCUT2D eigenvalue weighted by Crippen LogP contribution is 2.18. The molecular weight excluding hydrogens is 252 g/mol. The fourth-order valence-corrected chi connectivity index (χ4v) is 2.26. The number of nitrogens with two attached hydrogens (primary N) is 1. The summed E-state index contributed by atoms with van der Waals surface area (Å²) in [5.41, 5.74) is 8.87. The van der Waals surface area contributed by atoms with Crippen molar-refractivity contribution in [2.45, 2.75) is 13.1 Å². The van der Waals surface area contributed by atoms with Crippen molar-refractivity contribution in [2.24, 2.45) is 5.73 Å². The van der Waals surface area contributed by atoms with E-state index in [0.717, 1.165) is 23.6 Å². The van der Waals surface area contributed by atoms with E-state index in [1.807, 2.05) is 35.8 Å². The number of nitrogens with zero attached hydrogens (tertiary/aromatic N) is 5. The fraction of sp³-hybridized carbons (Fsp3) is 0.214. The summed E-state index contributed by atoms with van der Waals surface area (Å²) in [6.07, 6.45) is 5.25. The molecule has 0 radical (unpaired) electrons. The zero-order chi connectivity index (χ0) is 13.9. The second-order valence-corrected chi connectivity index (χ2v) is 4.64. The number of anilines is 1. The first-order chi connectivity index (χ1) is 9.79. The van der Waals surface area contributed by atoms with Gasteiger partial charge in [0.2, 0.25) is 5.65 Å². The van der Waals surface area contributed by atoms with Gasteiger partial charge in [0.25, 0.3) is 0 Å². The van der Waals surface area contributed by atoms with Crippen molar-refractivity contribution < 1.29 is 0 Å². The number of rotatable bonds is 4. The minimum Gasteiger partial charge on any atom is -0.352 e. The van der Waals surface area contributed by atoms with Gasteiger partial charge in [0.1, 0.15) is 6.33 Å². The molecule has 3 rings (SSSR count). The molecule has 2 aromatic heterocycles. The lowest BCUT2D eigenvalue weighted by atomic mass is 10.1. The average Bonchev–Trinajstić information content (AvgIpc) is 2.96. The van der Waals surface area contributed by atoms with E-state index in [4.69, 9.17) is 5.73 Å². The maximum Gasteiger partial charge on any atom is 0.203 e. The van der Waals surface area contributed by atoms with E-state index in [-0.39, 0.29) is 0 Å². The highest BCUT2D eigenvalue weighted by molar-refractivity contribution is 5.62. The molecule has 0 unspecified atom stereocenters. The third-order valence-corrected chi connectivity index (χ3v) is 3.30. The average molecular weight is 268 g/mol. The van der Waals surface area contributed by atoms with E-state index >= 15 is 0 Å². The smallest absolute Gasteiger partial charge is 0.203 e. The second kappa shape index (κ2) is 5.26. The molecule has 2 N–H and O–H groups in total. The van der Waals surface area contributed by atoms with Crippen molar-refractivity contribution in [1.29, 1.82) is 0 Å². The quantitative estimate of drug-likeness (QED) is 0.770. The maximum atomic E-state index is 5.78. The Balaban J connectivity index is 1.93. The van der Waals surface area contributed by atoms with Gasteiger partial charge in [-0.3, -0.25) is 4.40 Å². The highest BCUT2D eigenvalue weighted by atomic mass is 15.3. The van der Waals surface area contributed by atoms with E-state index < -0.39 is 0 Å². The number of benzene rings is 1. The van der Waals surface area contributed by atoms with Gasteiger partial charge >= 0.3 is 0 Å². The molecule has 0 fully saturated rings. The summed E-state index contributed by atoms with van der Waals surface area (Å²) in [7, 11) is 1.99. The van der Waals surface area contributed by atoms with Gasteiger partial charge in [-0.2, -0.15) is 0 Å². The molecule has 102 valence electrons. The monoisotopic (exact) mass is 268 g/mol. The Hall–Kier alpha value is -2.47. The molecule has 0 amide bonds. The number of aromatic nitrogens is 4. The first kappa shape index (κ1) is 12.6. The van der Waals surface area contributed by atoms with Crippen LogP contribution in [0.5, 0.6) is 0 Å². The molecule has 0 aliphatic rings. The first-order valence-corrected chi connectivity index (χ1v) is 6.42. The SMILES string of the molecule is CN(Cc1ccccc1CN)c1nccn2cnnc12. The minimum absolute atomic E-state index is 0.534.